The third-order valence-corrected chi connectivity index (χ3v) is 4.25. The molecule has 116 valence electrons. The third-order valence-electron chi connectivity index (χ3n) is 4.25. The monoisotopic (exact) mass is 299 g/mol. The van der Waals surface area contributed by atoms with Crippen molar-refractivity contribution in [2.24, 2.45) is 5.73 Å². The predicted molar refractivity (Wildman–Crippen MR) is 86.5 cm³/mol. The van der Waals surface area contributed by atoms with Crippen molar-refractivity contribution in [3.8, 4) is 0 Å². The molecule has 1 amide bonds. The Bertz CT molecular complexity index is 692. The number of carbonyl (C=O) groups excluding carboxylic acids is 1. The molecule has 1 aromatic carbocycles. The van der Waals surface area contributed by atoms with Crippen molar-refractivity contribution in [3.05, 3.63) is 48.2 Å². The molecule has 5 heteroatoms. The van der Waals surface area contributed by atoms with Gasteiger partial charge in [-0.05, 0) is 23.3 Å². The second-order valence-corrected chi connectivity index (χ2v) is 5.54. The maximum atomic E-state index is 11.9. The molecule has 22 heavy (non-hydrogen) atoms. The number of rotatable bonds is 3. The number of benzene rings is 1. The Labute approximate surface area is 129 Å². The van der Waals surface area contributed by atoms with Gasteiger partial charge in [0.15, 0.2) is 0 Å². The van der Waals surface area contributed by atoms with Crippen molar-refractivity contribution < 1.29 is 9.53 Å². The highest BCUT2D eigenvalue weighted by Crippen LogP contribution is 2.29. The molecule has 0 unspecified atom stereocenters. The molecule has 0 saturated carbocycles. The van der Waals surface area contributed by atoms with Crippen molar-refractivity contribution in [2.75, 3.05) is 26.3 Å². The summed E-state index contributed by atoms with van der Waals surface area (Å²) in [4.78, 5) is 17.0. The fourth-order valence-corrected chi connectivity index (χ4v) is 3.09. The quantitative estimate of drug-likeness (QED) is 0.848. The number of hydrogen-bond acceptors (Lipinski definition) is 3. The van der Waals surface area contributed by atoms with Crippen molar-refractivity contribution >= 4 is 16.8 Å². The van der Waals surface area contributed by atoms with Crippen LogP contribution in [0.3, 0.4) is 0 Å². The van der Waals surface area contributed by atoms with Crippen LogP contribution in [0, 0.1) is 0 Å². The van der Waals surface area contributed by atoms with E-state index in [9.17, 15) is 4.79 Å². The Morgan fingerprint density at radius 2 is 2.36 bits per heavy atom. The first-order valence-corrected chi connectivity index (χ1v) is 7.52. The summed E-state index contributed by atoms with van der Waals surface area (Å²) in [7, 11) is 0. The van der Waals surface area contributed by atoms with Crippen molar-refractivity contribution in [1.82, 2.24) is 9.88 Å². The maximum Gasteiger partial charge on any atom is 0.246 e. The summed E-state index contributed by atoms with van der Waals surface area (Å²) in [5.41, 5.74) is 9.16. The number of nitrogens with two attached hydrogens (primary N) is 1. The highest BCUT2D eigenvalue weighted by Gasteiger charge is 2.24. The highest BCUT2D eigenvalue weighted by atomic mass is 16.5. The van der Waals surface area contributed by atoms with Gasteiger partial charge in [-0.3, -0.25) is 4.79 Å². The number of nitrogens with one attached hydrogen (secondary N) is 1. The SMILES string of the molecule is C=CC(=O)N1CCOC[C@@H](c2ccc(CN)c3[nH]ccc23)C1. The summed E-state index contributed by atoms with van der Waals surface area (Å²) in [6.07, 6.45) is 3.29. The van der Waals surface area contributed by atoms with Crippen molar-refractivity contribution in [2.45, 2.75) is 12.5 Å². The standard InChI is InChI=1S/C17H21N3O2/c1-2-16(21)20-7-8-22-11-13(10-20)14-4-3-12(9-18)17-15(14)5-6-19-17/h2-6,13,19H,1,7-11,18H2/t13-/m0/s1. The second kappa shape index (κ2) is 6.34. The fourth-order valence-electron chi connectivity index (χ4n) is 3.09. The summed E-state index contributed by atoms with van der Waals surface area (Å²) in [5, 5.41) is 1.16. The number of carbonyl (C=O) groups is 1. The summed E-state index contributed by atoms with van der Waals surface area (Å²) >= 11 is 0. The zero-order valence-corrected chi connectivity index (χ0v) is 12.5. The normalized spacial score (nSPS) is 19.1. The highest BCUT2D eigenvalue weighted by molar-refractivity contribution is 5.88. The number of aromatic amines is 1. The van der Waals surface area contributed by atoms with E-state index in [0.717, 1.165) is 16.5 Å². The van der Waals surface area contributed by atoms with Crippen LogP contribution >= 0.6 is 0 Å². The number of hydrogen-bond donors (Lipinski definition) is 2. The third kappa shape index (κ3) is 2.65. The molecule has 5 nitrogen and oxygen atoms in total. The lowest BCUT2D eigenvalue weighted by atomic mass is 9.94. The van der Waals surface area contributed by atoms with E-state index in [2.05, 4.69) is 29.8 Å². The van der Waals surface area contributed by atoms with Crippen LogP contribution in [0.4, 0.5) is 0 Å². The van der Waals surface area contributed by atoms with E-state index < -0.39 is 0 Å². The van der Waals surface area contributed by atoms with E-state index >= 15 is 0 Å². The van der Waals surface area contributed by atoms with E-state index in [0.29, 0.717) is 32.8 Å². The molecule has 1 aliphatic rings. The van der Waals surface area contributed by atoms with Crippen LogP contribution in [0.1, 0.15) is 17.0 Å². The molecule has 1 aromatic heterocycles. The number of H-pyrrole nitrogens is 1. The lowest BCUT2D eigenvalue weighted by Gasteiger charge is -2.23. The number of ether oxygens (including phenoxy) is 1. The molecule has 1 aliphatic heterocycles. The molecule has 1 atom stereocenters. The molecule has 2 heterocycles. The van der Waals surface area contributed by atoms with Gasteiger partial charge >= 0.3 is 0 Å². The van der Waals surface area contributed by atoms with Crippen molar-refractivity contribution in [1.29, 1.82) is 0 Å². The first-order valence-electron chi connectivity index (χ1n) is 7.52. The minimum Gasteiger partial charge on any atom is -0.379 e. The van der Waals surface area contributed by atoms with Crippen LogP contribution in [0.25, 0.3) is 10.9 Å². The Hall–Kier alpha value is -2.11. The molecule has 0 aliphatic carbocycles. The molecule has 0 bridgehead atoms. The lowest BCUT2D eigenvalue weighted by Crippen LogP contribution is -2.34. The Kier molecular flexibility index (Phi) is 4.27. The van der Waals surface area contributed by atoms with Gasteiger partial charge in [-0.15, -0.1) is 0 Å². The largest absolute Gasteiger partial charge is 0.379 e. The predicted octanol–water partition coefficient (Wildman–Crippen LogP) is 1.75. The first-order chi connectivity index (χ1) is 10.7. The topological polar surface area (TPSA) is 71.3 Å². The van der Waals surface area contributed by atoms with Gasteiger partial charge in [0.25, 0.3) is 0 Å². The van der Waals surface area contributed by atoms with Gasteiger partial charge < -0.3 is 20.4 Å². The van der Waals surface area contributed by atoms with E-state index in [1.807, 2.05) is 6.20 Å². The molecular weight excluding hydrogens is 278 g/mol. The number of aromatic nitrogens is 1. The van der Waals surface area contributed by atoms with Gasteiger partial charge in [0.05, 0.1) is 18.7 Å². The summed E-state index contributed by atoms with van der Waals surface area (Å²) in [6, 6.07) is 6.22. The Balaban J connectivity index is 1.97. The van der Waals surface area contributed by atoms with Gasteiger partial charge in [0.2, 0.25) is 5.91 Å². The summed E-state index contributed by atoms with van der Waals surface area (Å²) in [6.45, 7) is 6.51. The van der Waals surface area contributed by atoms with Crippen LogP contribution in [0.5, 0.6) is 0 Å². The number of fused-ring (bicyclic) bond motifs is 1. The zero-order chi connectivity index (χ0) is 15.5. The Morgan fingerprint density at radius 3 is 3.14 bits per heavy atom. The van der Waals surface area contributed by atoms with Crippen LogP contribution in [-0.2, 0) is 16.1 Å². The molecule has 1 fully saturated rings. The summed E-state index contributed by atoms with van der Waals surface area (Å²) < 4.78 is 5.71. The van der Waals surface area contributed by atoms with E-state index in [4.69, 9.17) is 10.5 Å². The van der Waals surface area contributed by atoms with E-state index in [-0.39, 0.29) is 11.8 Å². The average molecular weight is 299 g/mol. The maximum absolute atomic E-state index is 11.9. The fraction of sp³-hybridized carbons (Fsp3) is 0.353. The molecular formula is C17H21N3O2. The second-order valence-electron chi connectivity index (χ2n) is 5.54. The van der Waals surface area contributed by atoms with Crippen LogP contribution in [0.15, 0.2) is 37.1 Å². The van der Waals surface area contributed by atoms with Crippen LogP contribution < -0.4 is 5.73 Å². The van der Waals surface area contributed by atoms with Crippen LogP contribution in [0.2, 0.25) is 0 Å². The zero-order valence-electron chi connectivity index (χ0n) is 12.5. The van der Waals surface area contributed by atoms with Crippen LogP contribution in [-0.4, -0.2) is 42.1 Å². The number of nitrogens with zero attached hydrogens (tertiary/aromatic N) is 1. The van der Waals surface area contributed by atoms with Gasteiger partial charge in [-0.25, -0.2) is 0 Å². The first kappa shape index (κ1) is 14.8. The number of amides is 1. The molecule has 1 saturated heterocycles. The minimum absolute atomic E-state index is 0.0422. The molecule has 0 radical (unpaired) electrons. The van der Waals surface area contributed by atoms with E-state index in [1.54, 1.807) is 4.90 Å². The molecule has 3 N–H and O–H groups in total. The van der Waals surface area contributed by atoms with Gasteiger partial charge in [0.1, 0.15) is 0 Å². The minimum atomic E-state index is -0.0422. The summed E-state index contributed by atoms with van der Waals surface area (Å²) in [5.74, 6) is 0.107. The van der Waals surface area contributed by atoms with E-state index in [1.165, 1.54) is 11.6 Å². The Morgan fingerprint density at radius 1 is 1.50 bits per heavy atom. The van der Waals surface area contributed by atoms with Crippen molar-refractivity contribution in [3.63, 3.8) is 0 Å². The average Bonchev–Trinajstić information content (AvgIpc) is 2.91. The molecule has 3 rings (SSSR count). The molecule has 0 spiro atoms. The van der Waals surface area contributed by atoms with Gasteiger partial charge in [0, 0.05) is 37.1 Å². The smallest absolute Gasteiger partial charge is 0.246 e. The molecule has 2 aromatic rings. The lowest BCUT2D eigenvalue weighted by molar-refractivity contribution is -0.126. The van der Waals surface area contributed by atoms with Gasteiger partial charge in [-0.2, -0.15) is 0 Å². The van der Waals surface area contributed by atoms with Gasteiger partial charge in [-0.1, -0.05) is 18.7 Å².